The van der Waals surface area contributed by atoms with Crippen LogP contribution in [0.4, 0.5) is 0 Å². The highest BCUT2D eigenvalue weighted by atomic mass is 35.5. The second-order valence-corrected chi connectivity index (χ2v) is 6.86. The monoisotopic (exact) mass is 354 g/mol. The Morgan fingerprint density at radius 1 is 1.25 bits per heavy atom. The summed E-state index contributed by atoms with van der Waals surface area (Å²) in [7, 11) is 1.89. The predicted molar refractivity (Wildman–Crippen MR) is 101 cm³/mol. The van der Waals surface area contributed by atoms with E-state index in [9.17, 15) is 4.79 Å². The maximum atomic E-state index is 12.6. The Kier molecular flexibility index (Phi) is 8.04. The number of carbonyl (C=O) groups is 1. The van der Waals surface area contributed by atoms with E-state index in [4.69, 9.17) is 4.74 Å². The lowest BCUT2D eigenvalue weighted by molar-refractivity contribution is -0.139. The minimum Gasteiger partial charge on any atom is -0.481 e. The standard InChI is InChI=1S/C19H30N2O2.ClH/c1-13(2)18-7-6-17(12-14(18)3)23-15(4)19(22)21(5)16-8-10-20-11-9-16;/h6-7,12-13,15-16,20H,8-11H2,1-5H3;1H. The van der Waals surface area contributed by atoms with Gasteiger partial charge in [-0.05, 0) is 69.0 Å². The van der Waals surface area contributed by atoms with E-state index in [1.807, 2.05) is 31.0 Å². The highest BCUT2D eigenvalue weighted by Crippen LogP contribution is 2.24. The SMILES string of the molecule is Cc1cc(OC(C)C(=O)N(C)C2CCNCC2)ccc1C(C)C.Cl. The number of ether oxygens (including phenoxy) is 1. The summed E-state index contributed by atoms with van der Waals surface area (Å²) < 4.78 is 5.90. The van der Waals surface area contributed by atoms with Gasteiger partial charge in [-0.3, -0.25) is 4.79 Å². The molecule has 1 atom stereocenters. The van der Waals surface area contributed by atoms with Gasteiger partial charge in [0.1, 0.15) is 5.75 Å². The Labute approximate surface area is 152 Å². The first-order chi connectivity index (χ1) is 10.9. The van der Waals surface area contributed by atoms with Gasteiger partial charge in [-0.2, -0.15) is 0 Å². The molecule has 1 aromatic rings. The van der Waals surface area contributed by atoms with Crippen LogP contribution in [0.1, 0.15) is 50.7 Å². The van der Waals surface area contributed by atoms with Crippen molar-refractivity contribution in [3.8, 4) is 5.75 Å². The Morgan fingerprint density at radius 2 is 1.88 bits per heavy atom. The molecule has 1 aliphatic heterocycles. The number of benzene rings is 1. The van der Waals surface area contributed by atoms with E-state index in [2.05, 4.69) is 32.2 Å². The van der Waals surface area contributed by atoms with Crippen LogP contribution in [0.25, 0.3) is 0 Å². The van der Waals surface area contributed by atoms with Crippen LogP contribution in [-0.4, -0.2) is 43.1 Å². The Balaban J connectivity index is 0.00000288. The molecular weight excluding hydrogens is 324 g/mol. The quantitative estimate of drug-likeness (QED) is 0.879. The van der Waals surface area contributed by atoms with Crippen molar-refractivity contribution < 1.29 is 9.53 Å². The second kappa shape index (κ2) is 9.28. The fourth-order valence-corrected chi connectivity index (χ4v) is 3.28. The van der Waals surface area contributed by atoms with Gasteiger partial charge in [-0.1, -0.05) is 19.9 Å². The van der Waals surface area contributed by atoms with Crippen LogP contribution in [0.15, 0.2) is 18.2 Å². The van der Waals surface area contributed by atoms with Gasteiger partial charge in [0.25, 0.3) is 5.91 Å². The molecule has 0 aliphatic carbocycles. The fourth-order valence-electron chi connectivity index (χ4n) is 3.28. The number of hydrogen-bond acceptors (Lipinski definition) is 3. The van der Waals surface area contributed by atoms with Crippen molar-refractivity contribution in [1.82, 2.24) is 10.2 Å². The van der Waals surface area contributed by atoms with Crippen LogP contribution in [0.2, 0.25) is 0 Å². The van der Waals surface area contributed by atoms with E-state index in [0.717, 1.165) is 31.7 Å². The van der Waals surface area contributed by atoms with Crippen molar-refractivity contribution in [3.63, 3.8) is 0 Å². The van der Waals surface area contributed by atoms with Gasteiger partial charge in [-0.25, -0.2) is 0 Å². The molecular formula is C19H31ClN2O2. The molecule has 0 aromatic heterocycles. The molecule has 1 aromatic carbocycles. The largest absolute Gasteiger partial charge is 0.481 e. The summed E-state index contributed by atoms with van der Waals surface area (Å²) in [6.45, 7) is 10.3. The molecule has 1 fully saturated rings. The first-order valence-electron chi connectivity index (χ1n) is 8.64. The Bertz CT molecular complexity index is 542. The molecule has 1 aliphatic rings. The van der Waals surface area contributed by atoms with Crippen LogP contribution < -0.4 is 10.1 Å². The molecule has 5 heteroatoms. The molecule has 0 bridgehead atoms. The lowest BCUT2D eigenvalue weighted by Gasteiger charge is -2.33. The number of amides is 1. The number of piperidine rings is 1. The average Bonchev–Trinajstić information content (AvgIpc) is 2.54. The summed E-state index contributed by atoms with van der Waals surface area (Å²) in [5, 5.41) is 3.33. The maximum Gasteiger partial charge on any atom is 0.263 e. The molecule has 4 nitrogen and oxygen atoms in total. The third kappa shape index (κ3) is 5.12. The molecule has 0 radical (unpaired) electrons. The van der Waals surface area contributed by atoms with Gasteiger partial charge in [0.2, 0.25) is 0 Å². The van der Waals surface area contributed by atoms with Crippen molar-refractivity contribution in [2.24, 2.45) is 0 Å². The van der Waals surface area contributed by atoms with Crippen LogP contribution in [0.3, 0.4) is 0 Å². The lowest BCUT2D eigenvalue weighted by atomic mass is 9.98. The smallest absolute Gasteiger partial charge is 0.263 e. The zero-order chi connectivity index (χ0) is 17.0. The van der Waals surface area contributed by atoms with Gasteiger partial charge < -0.3 is 15.0 Å². The van der Waals surface area contributed by atoms with Crippen molar-refractivity contribution in [1.29, 1.82) is 0 Å². The molecule has 0 saturated carbocycles. The highest BCUT2D eigenvalue weighted by molar-refractivity contribution is 5.85. The Hall–Kier alpha value is -1.26. The highest BCUT2D eigenvalue weighted by Gasteiger charge is 2.26. The number of rotatable bonds is 5. The van der Waals surface area contributed by atoms with Crippen LogP contribution >= 0.6 is 12.4 Å². The van der Waals surface area contributed by atoms with E-state index in [1.165, 1.54) is 11.1 Å². The molecule has 24 heavy (non-hydrogen) atoms. The summed E-state index contributed by atoms with van der Waals surface area (Å²) in [5.41, 5.74) is 2.53. The molecule has 136 valence electrons. The van der Waals surface area contributed by atoms with Crippen LogP contribution in [0, 0.1) is 6.92 Å². The summed E-state index contributed by atoms with van der Waals surface area (Å²) in [6, 6.07) is 6.42. The van der Waals surface area contributed by atoms with Gasteiger partial charge in [0, 0.05) is 13.1 Å². The van der Waals surface area contributed by atoms with E-state index in [1.54, 1.807) is 0 Å². The number of carbonyl (C=O) groups excluding carboxylic acids is 1. The number of aryl methyl sites for hydroxylation is 1. The van der Waals surface area contributed by atoms with E-state index in [0.29, 0.717) is 12.0 Å². The molecule has 2 rings (SSSR count). The van der Waals surface area contributed by atoms with Crippen molar-refractivity contribution in [2.75, 3.05) is 20.1 Å². The normalized spacial score (nSPS) is 16.4. The maximum absolute atomic E-state index is 12.6. The minimum absolute atomic E-state index is 0. The number of halogens is 1. The number of nitrogens with zero attached hydrogens (tertiary/aromatic N) is 1. The van der Waals surface area contributed by atoms with Crippen LogP contribution in [0.5, 0.6) is 5.75 Å². The van der Waals surface area contributed by atoms with Gasteiger partial charge in [0.05, 0.1) is 0 Å². The first kappa shape index (κ1) is 20.8. The topological polar surface area (TPSA) is 41.6 Å². The summed E-state index contributed by atoms with van der Waals surface area (Å²) in [6.07, 6.45) is 1.56. The van der Waals surface area contributed by atoms with E-state index in [-0.39, 0.29) is 18.3 Å². The van der Waals surface area contributed by atoms with Crippen molar-refractivity contribution in [2.45, 2.75) is 58.6 Å². The van der Waals surface area contributed by atoms with Crippen molar-refractivity contribution in [3.05, 3.63) is 29.3 Å². The first-order valence-corrected chi connectivity index (χ1v) is 8.64. The van der Waals surface area contributed by atoms with Crippen molar-refractivity contribution >= 4 is 18.3 Å². The zero-order valence-electron chi connectivity index (χ0n) is 15.5. The third-order valence-electron chi connectivity index (χ3n) is 4.73. The average molecular weight is 355 g/mol. The lowest BCUT2D eigenvalue weighted by Crippen LogP contribution is -2.48. The summed E-state index contributed by atoms with van der Waals surface area (Å²) in [5.74, 6) is 1.32. The number of nitrogens with one attached hydrogen (secondary N) is 1. The summed E-state index contributed by atoms with van der Waals surface area (Å²) in [4.78, 5) is 14.4. The van der Waals surface area contributed by atoms with E-state index < -0.39 is 6.10 Å². The van der Waals surface area contributed by atoms with Gasteiger partial charge in [0.15, 0.2) is 6.10 Å². The number of hydrogen-bond donors (Lipinski definition) is 1. The van der Waals surface area contributed by atoms with E-state index >= 15 is 0 Å². The van der Waals surface area contributed by atoms with Crippen LogP contribution in [-0.2, 0) is 4.79 Å². The minimum atomic E-state index is -0.459. The van der Waals surface area contributed by atoms with Gasteiger partial charge >= 0.3 is 0 Å². The fraction of sp³-hybridized carbons (Fsp3) is 0.632. The predicted octanol–water partition coefficient (Wildman–Crippen LogP) is 3.52. The van der Waals surface area contributed by atoms with Gasteiger partial charge in [-0.15, -0.1) is 12.4 Å². The number of likely N-dealkylation sites (N-methyl/N-ethyl adjacent to an activating group) is 1. The molecule has 0 spiro atoms. The zero-order valence-corrected chi connectivity index (χ0v) is 16.3. The molecule has 1 unspecified atom stereocenters. The molecule has 1 heterocycles. The second-order valence-electron chi connectivity index (χ2n) is 6.86. The molecule has 1 N–H and O–H groups in total. The Morgan fingerprint density at radius 3 is 2.42 bits per heavy atom. The molecule has 1 amide bonds. The molecule has 1 saturated heterocycles. The third-order valence-corrected chi connectivity index (χ3v) is 4.73. The summed E-state index contributed by atoms with van der Waals surface area (Å²) >= 11 is 0.